The van der Waals surface area contributed by atoms with Crippen molar-refractivity contribution in [3.63, 3.8) is 0 Å². The van der Waals surface area contributed by atoms with E-state index in [1.807, 2.05) is 42.6 Å². The molecule has 2 N–H and O–H groups in total. The second kappa shape index (κ2) is 6.75. The molecule has 1 aromatic heterocycles. The quantitative estimate of drug-likeness (QED) is 0.654. The number of thiophene rings is 1. The zero-order chi connectivity index (χ0) is 16.2. The van der Waals surface area contributed by atoms with Gasteiger partial charge in [-0.05, 0) is 48.9 Å². The number of hydrogen-bond donors (Lipinski definition) is 2. The standard InChI is InChI=1S/C17H17N3O2S/c1-11(19-20-17(22)15-3-2-10-23-15)12-6-8-14(9-7-12)18-16(21)13-4-5-13/h2-3,6-10,13H,4-5H2,1H3,(H,18,21)(H,20,22)/b19-11-. The molecule has 2 amide bonds. The van der Waals surface area contributed by atoms with Crippen LogP contribution < -0.4 is 10.7 Å². The van der Waals surface area contributed by atoms with Crippen LogP contribution in [0.15, 0.2) is 46.9 Å². The highest BCUT2D eigenvalue weighted by Crippen LogP contribution is 2.30. The normalized spacial score (nSPS) is 14.4. The van der Waals surface area contributed by atoms with Crippen molar-refractivity contribution in [2.45, 2.75) is 19.8 Å². The van der Waals surface area contributed by atoms with Gasteiger partial charge in [0.05, 0.1) is 10.6 Å². The Morgan fingerprint density at radius 3 is 2.52 bits per heavy atom. The molecule has 118 valence electrons. The van der Waals surface area contributed by atoms with Gasteiger partial charge in [-0.2, -0.15) is 5.10 Å². The van der Waals surface area contributed by atoms with E-state index < -0.39 is 0 Å². The number of nitrogens with one attached hydrogen (secondary N) is 2. The van der Waals surface area contributed by atoms with Crippen LogP contribution >= 0.6 is 11.3 Å². The van der Waals surface area contributed by atoms with Crippen molar-refractivity contribution in [2.24, 2.45) is 11.0 Å². The first-order valence-corrected chi connectivity index (χ1v) is 8.31. The number of carbonyl (C=O) groups is 2. The van der Waals surface area contributed by atoms with Crippen molar-refractivity contribution in [2.75, 3.05) is 5.32 Å². The maximum atomic E-state index is 11.8. The number of hydrogen-bond acceptors (Lipinski definition) is 4. The lowest BCUT2D eigenvalue weighted by molar-refractivity contribution is -0.117. The van der Waals surface area contributed by atoms with E-state index in [2.05, 4.69) is 15.8 Å². The Balaban J connectivity index is 1.60. The Morgan fingerprint density at radius 2 is 1.91 bits per heavy atom. The van der Waals surface area contributed by atoms with Gasteiger partial charge in [-0.3, -0.25) is 9.59 Å². The average Bonchev–Trinajstić information content (AvgIpc) is 3.28. The van der Waals surface area contributed by atoms with E-state index in [9.17, 15) is 9.59 Å². The fraction of sp³-hybridized carbons (Fsp3) is 0.235. The third-order valence-electron chi connectivity index (χ3n) is 3.59. The Morgan fingerprint density at radius 1 is 1.17 bits per heavy atom. The van der Waals surface area contributed by atoms with Crippen LogP contribution in [0.2, 0.25) is 0 Å². The molecule has 1 aliphatic carbocycles. The third-order valence-corrected chi connectivity index (χ3v) is 4.46. The summed E-state index contributed by atoms with van der Waals surface area (Å²) in [6.45, 7) is 1.83. The highest BCUT2D eigenvalue weighted by atomic mass is 32.1. The summed E-state index contributed by atoms with van der Waals surface area (Å²) >= 11 is 1.37. The van der Waals surface area contributed by atoms with Crippen LogP contribution in [0, 0.1) is 5.92 Å². The van der Waals surface area contributed by atoms with Crippen LogP contribution in [0.5, 0.6) is 0 Å². The van der Waals surface area contributed by atoms with Gasteiger partial charge in [0.2, 0.25) is 5.91 Å². The van der Waals surface area contributed by atoms with Gasteiger partial charge >= 0.3 is 0 Å². The maximum Gasteiger partial charge on any atom is 0.281 e. The molecule has 0 unspecified atom stereocenters. The Hall–Kier alpha value is -2.47. The summed E-state index contributed by atoms with van der Waals surface area (Å²) in [5.74, 6) is 0.0597. The molecule has 6 heteroatoms. The fourth-order valence-corrected chi connectivity index (χ4v) is 2.66. The van der Waals surface area contributed by atoms with Gasteiger partial charge in [-0.25, -0.2) is 5.43 Å². The second-order valence-corrected chi connectivity index (χ2v) is 6.40. The number of amides is 2. The first-order valence-electron chi connectivity index (χ1n) is 7.43. The van der Waals surface area contributed by atoms with E-state index in [1.54, 1.807) is 6.07 Å². The van der Waals surface area contributed by atoms with Crippen molar-refractivity contribution in [3.8, 4) is 0 Å². The van der Waals surface area contributed by atoms with E-state index in [0.717, 1.165) is 24.1 Å². The Bertz CT molecular complexity index is 732. The molecule has 1 heterocycles. The molecule has 0 aliphatic heterocycles. The molecule has 23 heavy (non-hydrogen) atoms. The molecule has 1 aliphatic rings. The van der Waals surface area contributed by atoms with Gasteiger partial charge in [0.1, 0.15) is 0 Å². The van der Waals surface area contributed by atoms with Crippen molar-refractivity contribution in [1.29, 1.82) is 0 Å². The molecular weight excluding hydrogens is 310 g/mol. The highest BCUT2D eigenvalue weighted by molar-refractivity contribution is 7.12. The van der Waals surface area contributed by atoms with E-state index in [1.165, 1.54) is 11.3 Å². The van der Waals surface area contributed by atoms with E-state index in [4.69, 9.17) is 0 Å². The van der Waals surface area contributed by atoms with Crippen LogP contribution in [0.25, 0.3) is 0 Å². The minimum atomic E-state index is -0.215. The molecular formula is C17H17N3O2S. The summed E-state index contributed by atoms with van der Waals surface area (Å²) in [5, 5.41) is 8.85. The molecule has 0 radical (unpaired) electrons. The van der Waals surface area contributed by atoms with E-state index in [0.29, 0.717) is 10.6 Å². The van der Waals surface area contributed by atoms with Crippen molar-refractivity contribution in [3.05, 3.63) is 52.2 Å². The zero-order valence-corrected chi connectivity index (χ0v) is 13.5. The van der Waals surface area contributed by atoms with E-state index in [-0.39, 0.29) is 17.7 Å². The van der Waals surface area contributed by atoms with Crippen LogP contribution in [-0.4, -0.2) is 17.5 Å². The summed E-state index contributed by atoms with van der Waals surface area (Å²) in [5.41, 5.74) is 4.92. The molecule has 2 aromatic rings. The van der Waals surface area contributed by atoms with Crippen molar-refractivity contribution >= 4 is 34.6 Å². The number of hydrazone groups is 1. The smallest absolute Gasteiger partial charge is 0.281 e. The SMILES string of the molecule is C/C(=N/NC(=O)c1cccs1)c1ccc(NC(=O)C2CC2)cc1. The third kappa shape index (κ3) is 4.04. The lowest BCUT2D eigenvalue weighted by atomic mass is 10.1. The number of nitrogens with zero attached hydrogens (tertiary/aromatic N) is 1. The van der Waals surface area contributed by atoms with Crippen LogP contribution in [-0.2, 0) is 4.79 Å². The Kier molecular flexibility index (Phi) is 4.52. The van der Waals surface area contributed by atoms with Gasteiger partial charge in [0.25, 0.3) is 5.91 Å². The monoisotopic (exact) mass is 327 g/mol. The number of carbonyl (C=O) groups excluding carboxylic acids is 2. The molecule has 3 rings (SSSR count). The molecule has 0 saturated heterocycles. The van der Waals surface area contributed by atoms with Gasteiger partial charge in [0.15, 0.2) is 0 Å². The predicted molar refractivity (Wildman–Crippen MR) is 91.8 cm³/mol. The summed E-state index contributed by atoms with van der Waals surface area (Å²) in [6, 6.07) is 11.0. The van der Waals surface area contributed by atoms with Crippen LogP contribution in [0.4, 0.5) is 5.69 Å². The van der Waals surface area contributed by atoms with Gasteiger partial charge in [-0.1, -0.05) is 18.2 Å². The first-order chi connectivity index (χ1) is 11.1. The topological polar surface area (TPSA) is 70.6 Å². The average molecular weight is 327 g/mol. The van der Waals surface area contributed by atoms with Crippen molar-refractivity contribution in [1.82, 2.24) is 5.43 Å². The van der Waals surface area contributed by atoms with Crippen LogP contribution in [0.3, 0.4) is 0 Å². The minimum Gasteiger partial charge on any atom is -0.326 e. The second-order valence-electron chi connectivity index (χ2n) is 5.46. The largest absolute Gasteiger partial charge is 0.326 e. The summed E-state index contributed by atoms with van der Waals surface area (Å²) < 4.78 is 0. The lowest BCUT2D eigenvalue weighted by Crippen LogP contribution is -2.18. The molecule has 0 bridgehead atoms. The maximum absolute atomic E-state index is 11.8. The molecule has 1 fully saturated rings. The van der Waals surface area contributed by atoms with Gasteiger partial charge < -0.3 is 5.32 Å². The number of benzene rings is 1. The Labute approximate surface area is 138 Å². The summed E-state index contributed by atoms with van der Waals surface area (Å²) in [7, 11) is 0. The minimum absolute atomic E-state index is 0.0892. The zero-order valence-electron chi connectivity index (χ0n) is 12.7. The van der Waals surface area contributed by atoms with E-state index >= 15 is 0 Å². The molecule has 0 atom stereocenters. The summed E-state index contributed by atoms with van der Waals surface area (Å²) in [6.07, 6.45) is 1.97. The number of anilines is 1. The van der Waals surface area contributed by atoms with Crippen molar-refractivity contribution < 1.29 is 9.59 Å². The molecule has 1 aromatic carbocycles. The summed E-state index contributed by atoms with van der Waals surface area (Å²) in [4.78, 5) is 24.2. The van der Waals surface area contributed by atoms with Gasteiger partial charge in [0, 0.05) is 11.6 Å². The van der Waals surface area contributed by atoms with Crippen LogP contribution in [0.1, 0.15) is 35.0 Å². The fourth-order valence-electron chi connectivity index (χ4n) is 2.05. The predicted octanol–water partition coefficient (Wildman–Crippen LogP) is 3.25. The highest BCUT2D eigenvalue weighted by Gasteiger charge is 2.29. The molecule has 0 spiro atoms. The molecule has 5 nitrogen and oxygen atoms in total. The lowest BCUT2D eigenvalue weighted by Gasteiger charge is -2.06. The molecule has 1 saturated carbocycles. The first kappa shape index (κ1) is 15.4. The number of rotatable bonds is 5. The van der Waals surface area contributed by atoms with Gasteiger partial charge in [-0.15, -0.1) is 11.3 Å².